The van der Waals surface area contributed by atoms with Crippen LogP contribution < -0.4 is 0 Å². The smallest absolute Gasteiger partial charge is 0.142 e. The molecule has 1 aromatic rings. The maximum absolute atomic E-state index is 11.4. The van der Waals surface area contributed by atoms with E-state index in [1.54, 1.807) is 12.1 Å². The Morgan fingerprint density at radius 2 is 1.93 bits per heavy atom. The van der Waals surface area contributed by atoms with Crippen LogP contribution in [0.2, 0.25) is 5.02 Å². The van der Waals surface area contributed by atoms with Crippen LogP contribution >= 0.6 is 11.6 Å². The fourth-order valence-electron chi connectivity index (χ4n) is 1.04. The van der Waals surface area contributed by atoms with E-state index in [4.69, 9.17) is 11.6 Å². The third-order valence-corrected chi connectivity index (χ3v) is 3.24. The van der Waals surface area contributed by atoms with Gasteiger partial charge in [-0.15, -0.1) is 0 Å². The van der Waals surface area contributed by atoms with E-state index in [0.717, 1.165) is 5.56 Å². The van der Waals surface area contributed by atoms with Gasteiger partial charge in [-0.1, -0.05) is 23.7 Å². The molecule has 1 unspecified atom stereocenters. The third kappa shape index (κ3) is 4.03. The molecule has 0 fully saturated rings. The number of benzene rings is 1. The summed E-state index contributed by atoms with van der Waals surface area (Å²) in [6.45, 7) is 1.44. The SMILES string of the molecule is CC(=O)CS(=O)Cc1ccc(Cl)cc1. The van der Waals surface area contributed by atoms with Crippen molar-refractivity contribution in [2.45, 2.75) is 12.7 Å². The zero-order valence-corrected chi connectivity index (χ0v) is 9.40. The summed E-state index contributed by atoms with van der Waals surface area (Å²) in [5.41, 5.74) is 0.939. The van der Waals surface area contributed by atoms with Gasteiger partial charge in [0.05, 0.1) is 5.75 Å². The largest absolute Gasteiger partial charge is 0.299 e. The minimum atomic E-state index is -1.10. The van der Waals surface area contributed by atoms with Crippen molar-refractivity contribution in [3.05, 3.63) is 34.9 Å². The molecule has 4 heteroatoms. The minimum Gasteiger partial charge on any atom is -0.299 e. The van der Waals surface area contributed by atoms with Crippen LogP contribution in [0.4, 0.5) is 0 Å². The molecule has 0 N–H and O–H groups in total. The molecule has 0 aliphatic carbocycles. The second-order valence-corrected chi connectivity index (χ2v) is 4.95. The molecule has 0 saturated carbocycles. The Morgan fingerprint density at radius 1 is 1.36 bits per heavy atom. The second-order valence-electron chi connectivity index (χ2n) is 3.06. The summed E-state index contributed by atoms with van der Waals surface area (Å²) in [7, 11) is -1.10. The third-order valence-electron chi connectivity index (χ3n) is 1.61. The Labute approximate surface area is 90.7 Å². The van der Waals surface area contributed by atoms with Crippen molar-refractivity contribution in [1.29, 1.82) is 0 Å². The first-order chi connectivity index (χ1) is 6.58. The molecule has 1 rings (SSSR count). The van der Waals surface area contributed by atoms with Crippen LogP contribution in [0.15, 0.2) is 24.3 Å². The van der Waals surface area contributed by atoms with Crippen LogP contribution in [-0.4, -0.2) is 15.7 Å². The van der Waals surface area contributed by atoms with E-state index in [0.29, 0.717) is 10.8 Å². The first-order valence-electron chi connectivity index (χ1n) is 4.17. The van der Waals surface area contributed by atoms with Gasteiger partial charge in [-0.2, -0.15) is 0 Å². The molecule has 14 heavy (non-hydrogen) atoms. The van der Waals surface area contributed by atoms with Crippen LogP contribution in [0, 0.1) is 0 Å². The number of ketones is 1. The normalized spacial score (nSPS) is 12.4. The average molecular weight is 231 g/mol. The van der Waals surface area contributed by atoms with Crippen molar-refractivity contribution < 1.29 is 9.00 Å². The predicted octanol–water partition coefficient (Wildman–Crippen LogP) is 2.18. The highest BCUT2D eigenvalue weighted by Crippen LogP contribution is 2.11. The summed E-state index contributed by atoms with van der Waals surface area (Å²) in [6.07, 6.45) is 0. The van der Waals surface area contributed by atoms with Crippen molar-refractivity contribution in [1.82, 2.24) is 0 Å². The zero-order chi connectivity index (χ0) is 10.6. The average Bonchev–Trinajstić information content (AvgIpc) is 2.07. The van der Waals surface area contributed by atoms with E-state index in [2.05, 4.69) is 0 Å². The Bertz CT molecular complexity index is 346. The number of hydrogen-bond donors (Lipinski definition) is 0. The van der Waals surface area contributed by atoms with Crippen molar-refractivity contribution in [3.8, 4) is 0 Å². The van der Waals surface area contributed by atoms with E-state index < -0.39 is 10.8 Å². The lowest BCUT2D eigenvalue weighted by Crippen LogP contribution is -2.08. The van der Waals surface area contributed by atoms with E-state index in [-0.39, 0.29) is 11.5 Å². The highest BCUT2D eigenvalue weighted by atomic mass is 35.5. The summed E-state index contributed by atoms with van der Waals surface area (Å²) in [6, 6.07) is 7.14. The highest BCUT2D eigenvalue weighted by Gasteiger charge is 2.04. The first-order valence-corrected chi connectivity index (χ1v) is 6.03. The summed E-state index contributed by atoms with van der Waals surface area (Å²) < 4.78 is 11.4. The summed E-state index contributed by atoms with van der Waals surface area (Å²) in [5, 5.41) is 0.658. The fraction of sp³-hybridized carbons (Fsp3) is 0.300. The Morgan fingerprint density at radius 3 is 2.43 bits per heavy atom. The van der Waals surface area contributed by atoms with Gasteiger partial charge in [0.25, 0.3) is 0 Å². The molecule has 0 aliphatic heterocycles. The van der Waals surface area contributed by atoms with Gasteiger partial charge in [0.2, 0.25) is 0 Å². The van der Waals surface area contributed by atoms with Crippen LogP contribution in [0.3, 0.4) is 0 Å². The Kier molecular flexibility index (Phi) is 4.29. The molecular formula is C10H11ClO2S. The summed E-state index contributed by atoms with van der Waals surface area (Å²) in [5.74, 6) is 0.497. The molecular weight excluding hydrogens is 220 g/mol. The van der Waals surface area contributed by atoms with E-state index in [9.17, 15) is 9.00 Å². The lowest BCUT2D eigenvalue weighted by Gasteiger charge is -2.00. The van der Waals surface area contributed by atoms with Gasteiger partial charge in [0, 0.05) is 21.6 Å². The van der Waals surface area contributed by atoms with Gasteiger partial charge in [0.1, 0.15) is 5.78 Å². The number of halogens is 1. The first kappa shape index (κ1) is 11.4. The Balaban J connectivity index is 2.56. The standard InChI is InChI=1S/C10H11ClO2S/c1-8(12)6-14(13)7-9-2-4-10(11)5-3-9/h2-5H,6-7H2,1H3. The molecule has 0 spiro atoms. The van der Waals surface area contributed by atoms with Crippen LogP contribution in [-0.2, 0) is 21.3 Å². The maximum atomic E-state index is 11.4. The van der Waals surface area contributed by atoms with Crippen molar-refractivity contribution in [2.75, 3.05) is 5.75 Å². The van der Waals surface area contributed by atoms with Gasteiger partial charge >= 0.3 is 0 Å². The van der Waals surface area contributed by atoms with E-state index in [1.807, 2.05) is 12.1 Å². The summed E-state index contributed by atoms with van der Waals surface area (Å²) >= 11 is 5.70. The molecule has 0 amide bonds. The molecule has 1 aromatic carbocycles. The number of carbonyl (C=O) groups is 1. The van der Waals surface area contributed by atoms with Crippen LogP contribution in [0.1, 0.15) is 12.5 Å². The summed E-state index contributed by atoms with van der Waals surface area (Å²) in [4.78, 5) is 10.7. The van der Waals surface area contributed by atoms with Crippen LogP contribution in [0.25, 0.3) is 0 Å². The molecule has 0 aromatic heterocycles. The minimum absolute atomic E-state index is 0.0442. The predicted molar refractivity (Wildman–Crippen MR) is 58.8 cm³/mol. The topological polar surface area (TPSA) is 34.1 Å². The molecule has 0 saturated heterocycles. The Hall–Kier alpha value is -0.670. The van der Waals surface area contributed by atoms with E-state index in [1.165, 1.54) is 6.92 Å². The molecule has 0 bridgehead atoms. The van der Waals surface area contributed by atoms with Gasteiger partial charge in [-0.05, 0) is 24.6 Å². The maximum Gasteiger partial charge on any atom is 0.142 e. The number of carbonyl (C=O) groups excluding carboxylic acids is 1. The van der Waals surface area contributed by atoms with Crippen molar-refractivity contribution >= 4 is 28.2 Å². The molecule has 0 heterocycles. The lowest BCUT2D eigenvalue weighted by molar-refractivity contribution is -0.114. The van der Waals surface area contributed by atoms with Crippen molar-refractivity contribution in [2.24, 2.45) is 0 Å². The van der Waals surface area contributed by atoms with Crippen molar-refractivity contribution in [3.63, 3.8) is 0 Å². The van der Waals surface area contributed by atoms with Gasteiger partial charge in [0.15, 0.2) is 0 Å². The van der Waals surface area contributed by atoms with Gasteiger partial charge < -0.3 is 0 Å². The number of hydrogen-bond acceptors (Lipinski definition) is 2. The number of Topliss-reactive ketones (excluding diaryl/α,β-unsaturated/α-hetero) is 1. The number of rotatable bonds is 4. The highest BCUT2D eigenvalue weighted by molar-refractivity contribution is 7.84. The van der Waals surface area contributed by atoms with E-state index >= 15 is 0 Å². The molecule has 76 valence electrons. The molecule has 1 atom stereocenters. The second kappa shape index (κ2) is 5.27. The van der Waals surface area contributed by atoms with Crippen LogP contribution in [0.5, 0.6) is 0 Å². The quantitative estimate of drug-likeness (QED) is 0.795. The van der Waals surface area contributed by atoms with Gasteiger partial charge in [-0.25, -0.2) is 0 Å². The van der Waals surface area contributed by atoms with Gasteiger partial charge in [-0.3, -0.25) is 9.00 Å². The zero-order valence-electron chi connectivity index (χ0n) is 7.83. The molecule has 2 nitrogen and oxygen atoms in total. The monoisotopic (exact) mass is 230 g/mol. The molecule has 0 aliphatic rings. The lowest BCUT2D eigenvalue weighted by atomic mass is 10.2. The fourth-order valence-corrected chi connectivity index (χ4v) is 2.29. The molecule has 0 radical (unpaired) electrons.